The van der Waals surface area contributed by atoms with E-state index in [1.807, 2.05) is 20.8 Å². The Balaban J connectivity index is 3.46. The molecule has 0 fully saturated rings. The van der Waals surface area contributed by atoms with Gasteiger partial charge in [0.25, 0.3) is 0 Å². The van der Waals surface area contributed by atoms with Gasteiger partial charge in [0.05, 0.1) is 0 Å². The molecule has 0 atom stereocenters. The van der Waals surface area contributed by atoms with Gasteiger partial charge in [-0.25, -0.2) is 0 Å². The molecule has 5 heteroatoms. The highest BCUT2D eigenvalue weighted by Crippen LogP contribution is 1.98. The van der Waals surface area contributed by atoms with E-state index in [1.165, 1.54) is 0 Å². The summed E-state index contributed by atoms with van der Waals surface area (Å²) in [4.78, 5) is 24.3. The molecule has 0 saturated heterocycles. The van der Waals surface area contributed by atoms with E-state index in [9.17, 15) is 9.59 Å². The van der Waals surface area contributed by atoms with Crippen molar-refractivity contribution in [1.29, 1.82) is 0 Å². The van der Waals surface area contributed by atoms with Crippen LogP contribution < -0.4 is 10.6 Å². The van der Waals surface area contributed by atoms with Crippen molar-refractivity contribution in [2.75, 3.05) is 27.2 Å². The van der Waals surface area contributed by atoms with E-state index in [2.05, 4.69) is 10.6 Å². The Bertz CT molecular complexity index is 270. The van der Waals surface area contributed by atoms with Gasteiger partial charge in [0.2, 0.25) is 11.8 Å². The van der Waals surface area contributed by atoms with E-state index in [1.54, 1.807) is 19.0 Å². The first-order valence-corrected chi connectivity index (χ1v) is 6.44. The lowest BCUT2D eigenvalue weighted by atomic mass is 10.1. The topological polar surface area (TPSA) is 61.4 Å². The van der Waals surface area contributed by atoms with Crippen LogP contribution in [0.4, 0.5) is 0 Å². The smallest absolute Gasteiger partial charge is 0.222 e. The SMILES string of the molecule is CN(C)C(=O)CCCNCCC(=O)NC(C)(C)C. The van der Waals surface area contributed by atoms with Gasteiger partial charge in [0, 0.05) is 39.0 Å². The summed E-state index contributed by atoms with van der Waals surface area (Å²) in [5, 5.41) is 6.07. The maximum Gasteiger partial charge on any atom is 0.222 e. The summed E-state index contributed by atoms with van der Waals surface area (Å²) in [6.45, 7) is 7.31. The van der Waals surface area contributed by atoms with Gasteiger partial charge in [-0.3, -0.25) is 9.59 Å². The van der Waals surface area contributed by atoms with Crippen LogP contribution in [0.1, 0.15) is 40.0 Å². The van der Waals surface area contributed by atoms with E-state index < -0.39 is 0 Å². The monoisotopic (exact) mass is 257 g/mol. The second-order valence-electron chi connectivity index (χ2n) is 5.69. The minimum absolute atomic E-state index is 0.0550. The minimum atomic E-state index is -0.171. The van der Waals surface area contributed by atoms with Gasteiger partial charge in [-0.15, -0.1) is 0 Å². The predicted molar refractivity (Wildman–Crippen MR) is 73.3 cm³/mol. The highest BCUT2D eigenvalue weighted by Gasteiger charge is 2.12. The molecular weight excluding hydrogens is 230 g/mol. The minimum Gasteiger partial charge on any atom is -0.351 e. The highest BCUT2D eigenvalue weighted by atomic mass is 16.2. The number of hydrogen-bond acceptors (Lipinski definition) is 3. The zero-order valence-electron chi connectivity index (χ0n) is 12.3. The molecule has 0 aliphatic heterocycles. The van der Waals surface area contributed by atoms with Crippen LogP contribution in [0.15, 0.2) is 0 Å². The molecule has 0 heterocycles. The molecule has 2 amide bonds. The van der Waals surface area contributed by atoms with Crippen molar-refractivity contribution in [3.05, 3.63) is 0 Å². The van der Waals surface area contributed by atoms with Crippen LogP contribution in [-0.2, 0) is 9.59 Å². The molecule has 106 valence electrons. The summed E-state index contributed by atoms with van der Waals surface area (Å²) in [5.74, 6) is 0.196. The molecule has 0 rings (SSSR count). The summed E-state index contributed by atoms with van der Waals surface area (Å²) in [6.07, 6.45) is 1.82. The van der Waals surface area contributed by atoms with Crippen LogP contribution in [-0.4, -0.2) is 49.4 Å². The van der Waals surface area contributed by atoms with Crippen molar-refractivity contribution in [3.8, 4) is 0 Å². The molecule has 5 nitrogen and oxygen atoms in total. The Hall–Kier alpha value is -1.10. The molecular formula is C13H27N3O2. The molecule has 0 unspecified atom stereocenters. The zero-order valence-corrected chi connectivity index (χ0v) is 12.3. The Morgan fingerprint density at radius 2 is 1.67 bits per heavy atom. The number of rotatable bonds is 7. The van der Waals surface area contributed by atoms with E-state index in [4.69, 9.17) is 0 Å². The molecule has 0 aliphatic carbocycles. The van der Waals surface area contributed by atoms with Crippen molar-refractivity contribution < 1.29 is 9.59 Å². The third-order valence-corrected chi connectivity index (χ3v) is 2.29. The third-order valence-electron chi connectivity index (χ3n) is 2.29. The molecule has 0 radical (unpaired) electrons. The summed E-state index contributed by atoms with van der Waals surface area (Å²) in [6, 6.07) is 0. The highest BCUT2D eigenvalue weighted by molar-refractivity contribution is 5.76. The molecule has 0 aromatic heterocycles. The largest absolute Gasteiger partial charge is 0.351 e. The van der Waals surface area contributed by atoms with Crippen LogP contribution in [0.3, 0.4) is 0 Å². The van der Waals surface area contributed by atoms with Crippen LogP contribution in [0.25, 0.3) is 0 Å². The first-order valence-electron chi connectivity index (χ1n) is 6.44. The maximum absolute atomic E-state index is 11.5. The maximum atomic E-state index is 11.5. The van der Waals surface area contributed by atoms with Crippen LogP contribution in [0, 0.1) is 0 Å². The van der Waals surface area contributed by atoms with Gasteiger partial charge in [0.1, 0.15) is 0 Å². The van der Waals surface area contributed by atoms with Gasteiger partial charge in [-0.05, 0) is 33.7 Å². The van der Waals surface area contributed by atoms with Crippen molar-refractivity contribution in [2.24, 2.45) is 0 Å². The molecule has 18 heavy (non-hydrogen) atoms. The number of nitrogens with zero attached hydrogens (tertiary/aromatic N) is 1. The second kappa shape index (κ2) is 8.08. The molecule has 0 spiro atoms. The fourth-order valence-electron chi connectivity index (χ4n) is 1.40. The Kier molecular flexibility index (Phi) is 7.59. The lowest BCUT2D eigenvalue weighted by molar-refractivity contribution is -0.128. The second-order valence-corrected chi connectivity index (χ2v) is 5.69. The van der Waals surface area contributed by atoms with Gasteiger partial charge in [-0.1, -0.05) is 0 Å². The molecule has 0 aromatic rings. The van der Waals surface area contributed by atoms with E-state index in [-0.39, 0.29) is 17.4 Å². The van der Waals surface area contributed by atoms with E-state index in [0.29, 0.717) is 19.4 Å². The van der Waals surface area contributed by atoms with Crippen LogP contribution >= 0.6 is 0 Å². The molecule has 0 saturated carbocycles. The van der Waals surface area contributed by atoms with Crippen molar-refractivity contribution in [2.45, 2.75) is 45.6 Å². The predicted octanol–water partition coefficient (Wildman–Crippen LogP) is 0.749. The third kappa shape index (κ3) is 10.1. The Labute approximate surface area is 110 Å². The number of carbonyl (C=O) groups is 2. The van der Waals surface area contributed by atoms with Crippen molar-refractivity contribution in [1.82, 2.24) is 15.5 Å². The molecule has 0 aromatic carbocycles. The molecule has 0 bridgehead atoms. The first kappa shape index (κ1) is 16.9. The van der Waals surface area contributed by atoms with Gasteiger partial charge < -0.3 is 15.5 Å². The Morgan fingerprint density at radius 3 is 2.17 bits per heavy atom. The van der Waals surface area contributed by atoms with Crippen molar-refractivity contribution in [3.63, 3.8) is 0 Å². The number of carbonyl (C=O) groups excluding carboxylic acids is 2. The molecule has 0 aliphatic rings. The zero-order chi connectivity index (χ0) is 14.2. The van der Waals surface area contributed by atoms with E-state index in [0.717, 1.165) is 13.0 Å². The summed E-state index contributed by atoms with van der Waals surface area (Å²) in [5.41, 5.74) is -0.171. The Morgan fingerprint density at radius 1 is 1.06 bits per heavy atom. The average Bonchev–Trinajstić information content (AvgIpc) is 2.19. The number of hydrogen-bond donors (Lipinski definition) is 2. The standard InChI is InChI=1S/C13H27N3O2/c1-13(2,3)15-11(17)8-10-14-9-6-7-12(18)16(4)5/h14H,6-10H2,1-5H3,(H,15,17). The number of amides is 2. The van der Waals surface area contributed by atoms with Crippen molar-refractivity contribution >= 4 is 11.8 Å². The van der Waals surface area contributed by atoms with Gasteiger partial charge in [0.15, 0.2) is 0 Å². The summed E-state index contributed by atoms with van der Waals surface area (Å²) in [7, 11) is 3.51. The quantitative estimate of drug-likeness (QED) is 0.662. The van der Waals surface area contributed by atoms with E-state index >= 15 is 0 Å². The van der Waals surface area contributed by atoms with Crippen LogP contribution in [0.5, 0.6) is 0 Å². The normalized spacial score (nSPS) is 11.2. The lowest BCUT2D eigenvalue weighted by Crippen LogP contribution is -2.41. The lowest BCUT2D eigenvalue weighted by Gasteiger charge is -2.20. The average molecular weight is 257 g/mol. The summed E-state index contributed by atoms with van der Waals surface area (Å²) < 4.78 is 0. The summed E-state index contributed by atoms with van der Waals surface area (Å²) >= 11 is 0. The van der Waals surface area contributed by atoms with Gasteiger partial charge in [-0.2, -0.15) is 0 Å². The fourth-order valence-corrected chi connectivity index (χ4v) is 1.40. The number of nitrogens with one attached hydrogen (secondary N) is 2. The molecule has 2 N–H and O–H groups in total. The first-order chi connectivity index (χ1) is 8.22. The van der Waals surface area contributed by atoms with Crippen LogP contribution in [0.2, 0.25) is 0 Å². The van der Waals surface area contributed by atoms with Gasteiger partial charge >= 0.3 is 0 Å². The fraction of sp³-hybridized carbons (Fsp3) is 0.846.